The van der Waals surface area contributed by atoms with E-state index in [2.05, 4.69) is 11.9 Å². The van der Waals surface area contributed by atoms with E-state index in [1.54, 1.807) is 18.2 Å². The molecule has 1 aromatic carbocycles. The molecule has 0 radical (unpaired) electrons. The summed E-state index contributed by atoms with van der Waals surface area (Å²) in [5.74, 6) is -0.446. The number of para-hydroxylation sites is 2. The maximum Gasteiger partial charge on any atom is 0.335 e. The van der Waals surface area contributed by atoms with Gasteiger partial charge >= 0.3 is 19.6 Å². The quantitative estimate of drug-likeness (QED) is 0.227. The van der Waals surface area contributed by atoms with Crippen LogP contribution in [0.5, 0.6) is 5.75 Å². The lowest BCUT2D eigenvalue weighted by Crippen LogP contribution is -2.38. The van der Waals surface area contributed by atoms with Crippen molar-refractivity contribution in [3.8, 4) is 5.75 Å². The third-order valence-corrected chi connectivity index (χ3v) is 3.71. The van der Waals surface area contributed by atoms with Gasteiger partial charge in [-0.3, -0.25) is 9.46 Å². The zero-order chi connectivity index (χ0) is 17.5. The summed E-state index contributed by atoms with van der Waals surface area (Å²) in [4.78, 5) is 42.1. The SMILES string of the molecule is C=CC(=O)Oc1ccccc1N(C)C(=O)NCCCP(=O)(O)O. The van der Waals surface area contributed by atoms with Gasteiger partial charge in [-0.2, -0.15) is 0 Å². The highest BCUT2D eigenvalue weighted by Crippen LogP contribution is 2.34. The molecular formula is C14H19N2O6P. The summed E-state index contributed by atoms with van der Waals surface area (Å²) in [6.07, 6.45) is 0.862. The second kappa shape index (κ2) is 8.47. The van der Waals surface area contributed by atoms with Crippen molar-refractivity contribution >= 4 is 25.3 Å². The van der Waals surface area contributed by atoms with E-state index in [9.17, 15) is 14.2 Å². The summed E-state index contributed by atoms with van der Waals surface area (Å²) < 4.78 is 15.8. The number of rotatable bonds is 7. The molecule has 0 bridgehead atoms. The van der Waals surface area contributed by atoms with Gasteiger partial charge in [0.05, 0.1) is 11.8 Å². The highest BCUT2D eigenvalue weighted by atomic mass is 31.2. The number of amides is 2. The summed E-state index contributed by atoms with van der Waals surface area (Å²) in [7, 11) is -2.58. The van der Waals surface area contributed by atoms with E-state index in [1.807, 2.05) is 0 Å². The number of hydrogen-bond acceptors (Lipinski definition) is 4. The third kappa shape index (κ3) is 6.65. The van der Waals surface area contributed by atoms with Crippen molar-refractivity contribution in [3.63, 3.8) is 0 Å². The van der Waals surface area contributed by atoms with Crippen molar-refractivity contribution < 1.29 is 28.7 Å². The first-order valence-corrected chi connectivity index (χ1v) is 8.54. The minimum Gasteiger partial charge on any atom is -0.421 e. The Labute approximate surface area is 133 Å². The predicted molar refractivity (Wildman–Crippen MR) is 85.6 cm³/mol. The van der Waals surface area contributed by atoms with Crippen LogP contribution in [0.2, 0.25) is 0 Å². The van der Waals surface area contributed by atoms with Gasteiger partial charge in [0.1, 0.15) is 0 Å². The van der Waals surface area contributed by atoms with Crippen LogP contribution in [-0.4, -0.2) is 41.5 Å². The Bertz CT molecular complexity index is 627. The summed E-state index contributed by atoms with van der Waals surface area (Å²) >= 11 is 0. The lowest BCUT2D eigenvalue weighted by atomic mass is 10.2. The standard InChI is InChI=1S/C14H19N2O6P/c1-3-13(17)22-12-8-5-4-7-11(12)16(2)14(18)15-9-6-10-23(19,20)21/h3-5,7-8H,1,6,9-10H2,2H3,(H,15,18)(H2,19,20,21). The van der Waals surface area contributed by atoms with Crippen LogP contribution in [0.15, 0.2) is 36.9 Å². The van der Waals surface area contributed by atoms with Crippen LogP contribution in [0.1, 0.15) is 6.42 Å². The third-order valence-electron chi connectivity index (χ3n) is 2.81. The maximum absolute atomic E-state index is 12.0. The Balaban J connectivity index is 2.67. The second-order valence-corrected chi connectivity index (χ2v) is 6.40. The fourth-order valence-electron chi connectivity index (χ4n) is 1.68. The van der Waals surface area contributed by atoms with Crippen LogP contribution < -0.4 is 15.0 Å². The van der Waals surface area contributed by atoms with Crippen LogP contribution in [0.3, 0.4) is 0 Å². The molecule has 0 atom stereocenters. The highest BCUT2D eigenvalue weighted by molar-refractivity contribution is 7.51. The van der Waals surface area contributed by atoms with E-state index in [0.29, 0.717) is 5.69 Å². The van der Waals surface area contributed by atoms with Gasteiger partial charge in [-0.25, -0.2) is 9.59 Å². The van der Waals surface area contributed by atoms with Crippen molar-refractivity contribution in [1.29, 1.82) is 0 Å². The van der Waals surface area contributed by atoms with Crippen LogP contribution in [0.25, 0.3) is 0 Å². The molecule has 0 spiro atoms. The van der Waals surface area contributed by atoms with Crippen molar-refractivity contribution in [3.05, 3.63) is 36.9 Å². The normalized spacial score (nSPS) is 10.7. The van der Waals surface area contributed by atoms with E-state index in [0.717, 1.165) is 6.08 Å². The molecule has 1 rings (SSSR count). The lowest BCUT2D eigenvalue weighted by Gasteiger charge is -2.20. The lowest BCUT2D eigenvalue weighted by molar-refractivity contribution is -0.128. The number of carbonyl (C=O) groups excluding carboxylic acids is 2. The first-order valence-electron chi connectivity index (χ1n) is 6.74. The monoisotopic (exact) mass is 342 g/mol. The van der Waals surface area contributed by atoms with Crippen LogP contribution in [0, 0.1) is 0 Å². The van der Waals surface area contributed by atoms with Gasteiger partial charge in [-0.15, -0.1) is 0 Å². The number of carbonyl (C=O) groups is 2. The Kier molecular flexibility index (Phi) is 6.96. The average molecular weight is 342 g/mol. The minimum atomic E-state index is -4.07. The number of ether oxygens (including phenoxy) is 1. The number of esters is 1. The predicted octanol–water partition coefficient (Wildman–Crippen LogP) is 1.49. The highest BCUT2D eigenvalue weighted by Gasteiger charge is 2.17. The molecule has 0 aromatic heterocycles. The van der Waals surface area contributed by atoms with Gasteiger partial charge in [0.15, 0.2) is 5.75 Å². The number of anilines is 1. The molecule has 0 aliphatic carbocycles. The largest absolute Gasteiger partial charge is 0.421 e. The molecule has 0 aliphatic rings. The summed E-state index contributed by atoms with van der Waals surface area (Å²) in [5.41, 5.74) is 0.371. The Morgan fingerprint density at radius 1 is 1.39 bits per heavy atom. The number of nitrogens with one attached hydrogen (secondary N) is 1. The van der Waals surface area contributed by atoms with Crippen LogP contribution in [-0.2, 0) is 9.36 Å². The fraction of sp³-hybridized carbons (Fsp3) is 0.286. The van der Waals surface area contributed by atoms with Gasteiger partial charge in [0.2, 0.25) is 0 Å². The molecule has 9 heteroatoms. The van der Waals surface area contributed by atoms with Crippen molar-refractivity contribution in [2.24, 2.45) is 0 Å². The number of hydrogen-bond donors (Lipinski definition) is 3. The maximum atomic E-state index is 12.0. The Hall–Kier alpha value is -2.15. The molecule has 0 heterocycles. The molecule has 2 amide bonds. The zero-order valence-electron chi connectivity index (χ0n) is 12.6. The van der Waals surface area contributed by atoms with Crippen molar-refractivity contribution in [2.45, 2.75) is 6.42 Å². The van der Waals surface area contributed by atoms with E-state index < -0.39 is 19.6 Å². The molecule has 0 unspecified atom stereocenters. The topological polar surface area (TPSA) is 116 Å². The molecule has 0 aliphatic heterocycles. The summed E-state index contributed by atoms with van der Waals surface area (Å²) in [6.45, 7) is 3.42. The van der Waals surface area contributed by atoms with E-state index in [4.69, 9.17) is 14.5 Å². The van der Waals surface area contributed by atoms with Crippen LogP contribution in [0.4, 0.5) is 10.5 Å². The summed E-state index contributed by atoms with van der Waals surface area (Å²) in [5, 5.41) is 2.53. The molecule has 3 N–H and O–H groups in total. The van der Waals surface area contributed by atoms with Gasteiger partial charge in [0.25, 0.3) is 0 Å². The fourth-order valence-corrected chi connectivity index (χ4v) is 2.25. The molecule has 8 nitrogen and oxygen atoms in total. The Morgan fingerprint density at radius 3 is 2.65 bits per heavy atom. The van der Waals surface area contributed by atoms with Gasteiger partial charge in [-0.05, 0) is 18.6 Å². The van der Waals surface area contributed by atoms with Gasteiger partial charge in [0, 0.05) is 19.7 Å². The van der Waals surface area contributed by atoms with E-state index >= 15 is 0 Å². The molecule has 1 aromatic rings. The van der Waals surface area contributed by atoms with Gasteiger partial charge < -0.3 is 19.8 Å². The summed E-state index contributed by atoms with van der Waals surface area (Å²) in [6, 6.07) is 5.98. The Morgan fingerprint density at radius 2 is 2.04 bits per heavy atom. The second-order valence-electron chi connectivity index (χ2n) is 4.63. The first-order chi connectivity index (χ1) is 10.7. The van der Waals surface area contributed by atoms with Crippen molar-refractivity contribution in [2.75, 3.05) is 24.7 Å². The van der Waals surface area contributed by atoms with Crippen molar-refractivity contribution in [1.82, 2.24) is 5.32 Å². The number of benzene rings is 1. The average Bonchev–Trinajstić information content (AvgIpc) is 2.50. The molecule has 0 saturated heterocycles. The van der Waals surface area contributed by atoms with E-state index in [-0.39, 0.29) is 24.9 Å². The van der Waals surface area contributed by atoms with Gasteiger partial charge in [-0.1, -0.05) is 18.7 Å². The molecule has 23 heavy (non-hydrogen) atoms. The van der Waals surface area contributed by atoms with E-state index in [1.165, 1.54) is 18.0 Å². The smallest absolute Gasteiger partial charge is 0.335 e. The number of nitrogens with zero attached hydrogens (tertiary/aromatic N) is 1. The molecule has 126 valence electrons. The zero-order valence-corrected chi connectivity index (χ0v) is 13.5. The van der Waals surface area contributed by atoms with Crippen LogP contribution >= 0.6 is 7.60 Å². The molecule has 0 saturated carbocycles. The first kappa shape index (κ1) is 18.9. The molecular weight excluding hydrogens is 323 g/mol. The minimum absolute atomic E-state index is 0.114. The number of urea groups is 1. The molecule has 0 fully saturated rings.